The molecule has 2 aromatic rings. The fourth-order valence-electron chi connectivity index (χ4n) is 3.49. The molecule has 1 aliphatic heterocycles. The summed E-state index contributed by atoms with van der Waals surface area (Å²) in [5.74, 6) is 1.23. The second-order valence-electron chi connectivity index (χ2n) is 6.17. The highest BCUT2D eigenvalue weighted by Crippen LogP contribution is 2.32. The topological polar surface area (TPSA) is 55.7 Å². The number of aromatic nitrogens is 1. The molecule has 0 spiro atoms. The van der Waals surface area contributed by atoms with Crippen molar-refractivity contribution in [2.75, 3.05) is 26.1 Å². The molecule has 0 radical (unpaired) electrons. The number of methoxy groups -OCH3 is 2. The molecule has 6 nitrogen and oxygen atoms in total. The molecule has 0 saturated carbocycles. The highest BCUT2D eigenvalue weighted by Gasteiger charge is 2.30. The van der Waals surface area contributed by atoms with E-state index in [1.807, 2.05) is 11.0 Å². The van der Waals surface area contributed by atoms with Crippen molar-refractivity contribution >= 4 is 11.7 Å². The molecular formula is C19H25N3O3. The maximum Gasteiger partial charge on any atom is 0.322 e. The number of aryl methyl sites for hydroxylation is 1. The van der Waals surface area contributed by atoms with Crippen molar-refractivity contribution in [1.29, 1.82) is 0 Å². The molecule has 6 heteroatoms. The smallest absolute Gasteiger partial charge is 0.322 e. The summed E-state index contributed by atoms with van der Waals surface area (Å²) < 4.78 is 12.8. The zero-order valence-electron chi connectivity index (χ0n) is 15.2. The number of fused-ring (bicyclic) bond motifs is 1. The number of benzene rings is 1. The Morgan fingerprint density at radius 3 is 2.60 bits per heavy atom. The van der Waals surface area contributed by atoms with Crippen molar-refractivity contribution in [2.45, 2.75) is 32.9 Å². The Labute approximate surface area is 148 Å². The van der Waals surface area contributed by atoms with E-state index in [9.17, 15) is 4.79 Å². The van der Waals surface area contributed by atoms with E-state index in [-0.39, 0.29) is 12.1 Å². The number of ether oxygens (including phenoxy) is 2. The van der Waals surface area contributed by atoms with E-state index < -0.39 is 0 Å². The van der Waals surface area contributed by atoms with E-state index >= 15 is 0 Å². The predicted molar refractivity (Wildman–Crippen MR) is 97.5 cm³/mol. The lowest BCUT2D eigenvalue weighted by Crippen LogP contribution is -2.44. The molecule has 0 fully saturated rings. The summed E-state index contributed by atoms with van der Waals surface area (Å²) in [6.45, 7) is 5.74. The number of nitrogens with one attached hydrogen (secondary N) is 1. The van der Waals surface area contributed by atoms with Gasteiger partial charge in [0.2, 0.25) is 0 Å². The van der Waals surface area contributed by atoms with Crippen LogP contribution >= 0.6 is 0 Å². The fraction of sp³-hybridized carbons (Fsp3) is 0.421. The number of rotatable bonds is 4. The van der Waals surface area contributed by atoms with Crippen molar-refractivity contribution in [3.8, 4) is 11.5 Å². The fourth-order valence-corrected chi connectivity index (χ4v) is 3.49. The monoisotopic (exact) mass is 343 g/mol. The maximum absolute atomic E-state index is 12.8. The molecule has 3 rings (SSSR count). The largest absolute Gasteiger partial charge is 0.493 e. The average molecular weight is 343 g/mol. The van der Waals surface area contributed by atoms with Crippen molar-refractivity contribution in [3.05, 3.63) is 41.7 Å². The summed E-state index contributed by atoms with van der Waals surface area (Å²) in [7, 11) is 3.17. The van der Waals surface area contributed by atoms with Crippen LogP contribution in [0.1, 0.15) is 30.8 Å². The van der Waals surface area contributed by atoms with Gasteiger partial charge in [0.15, 0.2) is 11.5 Å². The molecule has 134 valence electrons. The van der Waals surface area contributed by atoms with Crippen LogP contribution in [0.4, 0.5) is 10.5 Å². The van der Waals surface area contributed by atoms with Gasteiger partial charge >= 0.3 is 6.03 Å². The van der Waals surface area contributed by atoms with Gasteiger partial charge in [0, 0.05) is 36.2 Å². The molecule has 0 bridgehead atoms. The number of urea groups is 1. The minimum Gasteiger partial charge on any atom is -0.493 e. The Balaban J connectivity index is 1.79. The van der Waals surface area contributed by atoms with Crippen LogP contribution in [0.5, 0.6) is 11.5 Å². The predicted octanol–water partition coefficient (Wildman–Crippen LogP) is 3.81. The van der Waals surface area contributed by atoms with Gasteiger partial charge in [-0.15, -0.1) is 0 Å². The van der Waals surface area contributed by atoms with Crippen molar-refractivity contribution in [1.82, 2.24) is 9.47 Å². The molecule has 1 unspecified atom stereocenters. The lowest BCUT2D eigenvalue weighted by molar-refractivity contribution is 0.165. The van der Waals surface area contributed by atoms with Gasteiger partial charge in [-0.25, -0.2) is 4.79 Å². The van der Waals surface area contributed by atoms with E-state index in [2.05, 4.69) is 35.9 Å². The number of hydrogen-bond acceptors (Lipinski definition) is 3. The molecule has 1 aliphatic rings. The Morgan fingerprint density at radius 2 is 1.92 bits per heavy atom. The zero-order chi connectivity index (χ0) is 18.0. The number of anilines is 1. The lowest BCUT2D eigenvalue weighted by Gasteiger charge is -2.37. The van der Waals surface area contributed by atoms with Crippen molar-refractivity contribution in [2.24, 2.45) is 0 Å². The molecule has 25 heavy (non-hydrogen) atoms. The summed E-state index contributed by atoms with van der Waals surface area (Å²) in [4.78, 5) is 14.7. The minimum absolute atomic E-state index is 0.0857. The first-order chi connectivity index (χ1) is 12.1. The van der Waals surface area contributed by atoms with Crippen LogP contribution < -0.4 is 14.8 Å². The number of hydrogen-bond donors (Lipinski definition) is 1. The van der Waals surface area contributed by atoms with Crippen LogP contribution in [0.2, 0.25) is 0 Å². The Bertz CT molecular complexity index is 769. The molecule has 0 aliphatic carbocycles. The summed E-state index contributed by atoms with van der Waals surface area (Å²) in [5.41, 5.74) is 3.14. The van der Waals surface area contributed by atoms with E-state index in [0.29, 0.717) is 23.7 Å². The van der Waals surface area contributed by atoms with Crippen LogP contribution in [0.3, 0.4) is 0 Å². The quantitative estimate of drug-likeness (QED) is 0.918. The number of amides is 2. The standard InChI is InChI=1S/C19H25N3O3/c1-5-15-16-8-6-13(2)21(16)10-11-22(15)19(23)20-14-7-9-17(24-3)18(12-14)25-4/h6-9,12,15H,5,10-11H2,1-4H3,(H,20,23). The third kappa shape index (κ3) is 3.16. The van der Waals surface area contributed by atoms with Crippen LogP contribution in [0, 0.1) is 6.92 Å². The SMILES string of the molecule is CCC1c2ccc(C)n2CCN1C(=O)Nc1ccc(OC)c(OC)c1. The van der Waals surface area contributed by atoms with E-state index in [1.54, 1.807) is 26.4 Å². The van der Waals surface area contributed by atoms with Crippen LogP contribution in [0.15, 0.2) is 30.3 Å². The van der Waals surface area contributed by atoms with E-state index in [4.69, 9.17) is 9.47 Å². The van der Waals surface area contributed by atoms with Gasteiger partial charge in [0.05, 0.1) is 20.3 Å². The first-order valence-corrected chi connectivity index (χ1v) is 8.54. The maximum atomic E-state index is 12.8. The van der Waals surface area contributed by atoms with Crippen LogP contribution in [-0.4, -0.2) is 36.3 Å². The third-order valence-electron chi connectivity index (χ3n) is 4.80. The molecule has 1 atom stereocenters. The first-order valence-electron chi connectivity index (χ1n) is 8.54. The van der Waals surface area contributed by atoms with Gasteiger partial charge in [-0.2, -0.15) is 0 Å². The van der Waals surface area contributed by atoms with Crippen molar-refractivity contribution < 1.29 is 14.3 Å². The highest BCUT2D eigenvalue weighted by molar-refractivity contribution is 5.90. The minimum atomic E-state index is -0.0934. The summed E-state index contributed by atoms with van der Waals surface area (Å²) in [6.07, 6.45) is 0.878. The Kier molecular flexibility index (Phi) is 4.88. The second kappa shape index (κ2) is 7.09. The summed E-state index contributed by atoms with van der Waals surface area (Å²) >= 11 is 0. The molecule has 1 N–H and O–H groups in total. The van der Waals surface area contributed by atoms with Crippen LogP contribution in [-0.2, 0) is 6.54 Å². The number of nitrogens with zero attached hydrogens (tertiary/aromatic N) is 2. The first kappa shape index (κ1) is 17.2. The van der Waals surface area contributed by atoms with Gasteiger partial charge in [0.1, 0.15) is 0 Å². The normalized spacial score (nSPS) is 16.3. The number of carbonyl (C=O) groups excluding carboxylic acids is 1. The number of carbonyl (C=O) groups is 1. The summed E-state index contributed by atoms with van der Waals surface area (Å²) in [6, 6.07) is 9.61. The van der Waals surface area contributed by atoms with Gasteiger partial charge < -0.3 is 24.3 Å². The van der Waals surface area contributed by atoms with Gasteiger partial charge in [-0.05, 0) is 37.6 Å². The highest BCUT2D eigenvalue weighted by atomic mass is 16.5. The molecule has 1 aromatic heterocycles. The van der Waals surface area contributed by atoms with Gasteiger partial charge in [-0.3, -0.25) is 0 Å². The average Bonchev–Trinajstić information content (AvgIpc) is 3.01. The lowest BCUT2D eigenvalue weighted by atomic mass is 10.1. The molecule has 0 saturated heterocycles. The Morgan fingerprint density at radius 1 is 1.16 bits per heavy atom. The van der Waals surface area contributed by atoms with Gasteiger partial charge in [-0.1, -0.05) is 6.92 Å². The molecule has 1 aromatic carbocycles. The Hall–Kier alpha value is -2.63. The molecular weight excluding hydrogens is 318 g/mol. The summed E-state index contributed by atoms with van der Waals surface area (Å²) in [5, 5.41) is 2.98. The van der Waals surface area contributed by atoms with E-state index in [1.165, 1.54) is 11.4 Å². The zero-order valence-corrected chi connectivity index (χ0v) is 15.2. The van der Waals surface area contributed by atoms with Gasteiger partial charge in [0.25, 0.3) is 0 Å². The third-order valence-corrected chi connectivity index (χ3v) is 4.80. The second-order valence-corrected chi connectivity index (χ2v) is 6.17. The van der Waals surface area contributed by atoms with E-state index in [0.717, 1.165) is 13.0 Å². The van der Waals surface area contributed by atoms with Crippen molar-refractivity contribution in [3.63, 3.8) is 0 Å². The molecule has 2 amide bonds. The van der Waals surface area contributed by atoms with Crippen LogP contribution in [0.25, 0.3) is 0 Å². The molecule has 2 heterocycles.